The van der Waals surface area contributed by atoms with Gasteiger partial charge in [0, 0.05) is 6.07 Å². The number of benzene rings is 1. The molecule has 1 aromatic rings. The minimum Gasteiger partial charge on any atom is -0.396 e. The van der Waals surface area contributed by atoms with Crippen LogP contribution in [-0.4, -0.2) is 5.91 Å². The van der Waals surface area contributed by atoms with E-state index >= 15 is 0 Å². The molecule has 3 nitrogen and oxygen atoms in total. The fraction of sp³-hybridized carbons (Fsp3) is 0. The molecular weight excluding hydrogens is 166 g/mol. The van der Waals surface area contributed by atoms with Gasteiger partial charge in [-0.2, -0.15) is 0 Å². The third-order valence-electron chi connectivity index (χ3n) is 1.35. The zero-order valence-electron chi connectivity index (χ0n) is 5.97. The number of amides is 1. The Kier molecular flexibility index (Phi) is 1.95. The first-order valence-corrected chi connectivity index (χ1v) is 3.06. The summed E-state index contributed by atoms with van der Waals surface area (Å²) in [5.41, 5.74) is 8.92. The summed E-state index contributed by atoms with van der Waals surface area (Å²) >= 11 is 0. The molecule has 0 radical (unpaired) electrons. The molecule has 0 unspecified atom stereocenters. The molecule has 0 spiro atoms. The standard InChI is InChI=1S/C7H6F2N2O/c8-4-2-6(10)5(9)1-3(4)7(11)12/h1-2H,10H2,(H2,11,12). The number of halogens is 2. The maximum atomic E-state index is 12.7. The second kappa shape index (κ2) is 2.77. The van der Waals surface area contributed by atoms with Crippen molar-refractivity contribution < 1.29 is 13.6 Å². The van der Waals surface area contributed by atoms with E-state index in [1.54, 1.807) is 0 Å². The summed E-state index contributed by atoms with van der Waals surface area (Å²) in [6.45, 7) is 0. The minimum absolute atomic E-state index is 0.350. The molecule has 0 aromatic heterocycles. The minimum atomic E-state index is -1.02. The molecule has 5 heteroatoms. The number of carbonyl (C=O) groups excluding carboxylic acids is 1. The Labute approximate surface area is 67.0 Å². The van der Waals surface area contributed by atoms with Crippen molar-refractivity contribution in [2.24, 2.45) is 5.73 Å². The van der Waals surface area contributed by atoms with Crippen molar-refractivity contribution in [3.05, 3.63) is 29.3 Å². The van der Waals surface area contributed by atoms with Crippen LogP contribution in [0.3, 0.4) is 0 Å². The van der Waals surface area contributed by atoms with Gasteiger partial charge < -0.3 is 11.5 Å². The molecule has 0 atom stereocenters. The Morgan fingerprint density at radius 2 is 1.83 bits per heavy atom. The lowest BCUT2D eigenvalue weighted by Gasteiger charge is -2.00. The maximum Gasteiger partial charge on any atom is 0.251 e. The van der Waals surface area contributed by atoms with Crippen LogP contribution in [0.15, 0.2) is 12.1 Å². The number of carbonyl (C=O) groups is 1. The average molecular weight is 172 g/mol. The summed E-state index contributed by atoms with van der Waals surface area (Å²) in [6.07, 6.45) is 0. The SMILES string of the molecule is NC(=O)c1cc(F)c(N)cc1F. The number of hydrogen-bond acceptors (Lipinski definition) is 2. The second-order valence-corrected chi connectivity index (χ2v) is 2.22. The topological polar surface area (TPSA) is 69.1 Å². The summed E-state index contributed by atoms with van der Waals surface area (Å²) < 4.78 is 25.4. The number of anilines is 1. The molecule has 0 heterocycles. The molecule has 0 saturated carbocycles. The molecule has 4 N–H and O–H groups in total. The smallest absolute Gasteiger partial charge is 0.251 e. The summed E-state index contributed by atoms with van der Waals surface area (Å²) in [5.74, 6) is -2.79. The van der Waals surface area contributed by atoms with E-state index in [0.717, 1.165) is 6.07 Å². The molecule has 0 bridgehead atoms. The maximum absolute atomic E-state index is 12.7. The van der Waals surface area contributed by atoms with Gasteiger partial charge in [0.15, 0.2) is 0 Å². The lowest BCUT2D eigenvalue weighted by Crippen LogP contribution is -2.14. The molecule has 64 valence electrons. The summed E-state index contributed by atoms with van der Waals surface area (Å²) in [6, 6.07) is 1.39. The number of primary amides is 1. The molecule has 0 saturated heterocycles. The van der Waals surface area contributed by atoms with Crippen molar-refractivity contribution in [3.63, 3.8) is 0 Å². The van der Waals surface area contributed by atoms with E-state index in [4.69, 9.17) is 11.5 Å². The van der Waals surface area contributed by atoms with Crippen LogP contribution in [-0.2, 0) is 0 Å². The third kappa shape index (κ3) is 1.34. The zero-order valence-corrected chi connectivity index (χ0v) is 5.97. The van der Waals surface area contributed by atoms with E-state index in [1.807, 2.05) is 0 Å². The van der Waals surface area contributed by atoms with Gasteiger partial charge in [-0.15, -0.1) is 0 Å². The van der Waals surface area contributed by atoms with Crippen LogP contribution in [0.4, 0.5) is 14.5 Å². The van der Waals surface area contributed by atoms with Gasteiger partial charge in [0.1, 0.15) is 11.6 Å². The van der Waals surface area contributed by atoms with Crippen molar-refractivity contribution in [3.8, 4) is 0 Å². The second-order valence-electron chi connectivity index (χ2n) is 2.22. The quantitative estimate of drug-likeness (QED) is 0.610. The van der Waals surface area contributed by atoms with Crippen molar-refractivity contribution in [1.29, 1.82) is 0 Å². The first-order valence-electron chi connectivity index (χ1n) is 3.06. The van der Waals surface area contributed by atoms with Gasteiger partial charge in [0.2, 0.25) is 0 Å². The van der Waals surface area contributed by atoms with E-state index in [-0.39, 0.29) is 5.69 Å². The van der Waals surface area contributed by atoms with Crippen LogP contribution in [0.5, 0.6) is 0 Å². The summed E-state index contributed by atoms with van der Waals surface area (Å²) in [7, 11) is 0. The molecule has 1 rings (SSSR count). The van der Waals surface area contributed by atoms with Gasteiger partial charge >= 0.3 is 0 Å². The fourth-order valence-corrected chi connectivity index (χ4v) is 0.751. The molecular formula is C7H6F2N2O. The van der Waals surface area contributed by atoms with Gasteiger partial charge in [-0.25, -0.2) is 8.78 Å². The molecule has 1 aromatic carbocycles. The van der Waals surface area contributed by atoms with E-state index < -0.39 is 23.1 Å². The predicted molar refractivity (Wildman–Crippen MR) is 39.3 cm³/mol. The van der Waals surface area contributed by atoms with E-state index in [2.05, 4.69) is 0 Å². The summed E-state index contributed by atoms with van der Waals surface area (Å²) in [4.78, 5) is 10.5. The van der Waals surface area contributed by atoms with Crippen LogP contribution in [0, 0.1) is 11.6 Å². The van der Waals surface area contributed by atoms with Gasteiger partial charge in [-0.3, -0.25) is 4.79 Å². The summed E-state index contributed by atoms with van der Waals surface area (Å²) in [5, 5.41) is 0. The number of nitrogens with two attached hydrogens (primary N) is 2. The van der Waals surface area contributed by atoms with Gasteiger partial charge in [-0.1, -0.05) is 0 Å². The first-order chi connectivity index (χ1) is 5.52. The average Bonchev–Trinajstić information content (AvgIpc) is 1.96. The molecule has 12 heavy (non-hydrogen) atoms. The van der Waals surface area contributed by atoms with E-state index in [1.165, 1.54) is 0 Å². The monoisotopic (exact) mass is 172 g/mol. The Morgan fingerprint density at radius 3 is 2.33 bits per heavy atom. The zero-order chi connectivity index (χ0) is 9.30. The molecule has 1 amide bonds. The number of hydrogen-bond donors (Lipinski definition) is 2. The van der Waals surface area contributed by atoms with Crippen molar-refractivity contribution in [2.45, 2.75) is 0 Å². The molecule has 0 aliphatic heterocycles. The van der Waals surface area contributed by atoms with Gasteiger partial charge in [-0.05, 0) is 6.07 Å². The normalized spacial score (nSPS) is 9.83. The Hall–Kier alpha value is -1.65. The van der Waals surface area contributed by atoms with Crippen LogP contribution in [0.25, 0.3) is 0 Å². The predicted octanol–water partition coefficient (Wildman–Crippen LogP) is 0.646. The first kappa shape index (κ1) is 8.45. The Morgan fingerprint density at radius 1 is 1.25 bits per heavy atom. The molecule has 0 aliphatic rings. The van der Waals surface area contributed by atoms with Crippen molar-refractivity contribution in [1.82, 2.24) is 0 Å². The highest BCUT2D eigenvalue weighted by Crippen LogP contribution is 2.15. The highest BCUT2D eigenvalue weighted by atomic mass is 19.1. The van der Waals surface area contributed by atoms with Crippen molar-refractivity contribution in [2.75, 3.05) is 5.73 Å². The van der Waals surface area contributed by atoms with Crippen LogP contribution in [0.1, 0.15) is 10.4 Å². The fourth-order valence-electron chi connectivity index (χ4n) is 0.751. The van der Waals surface area contributed by atoms with E-state index in [9.17, 15) is 13.6 Å². The third-order valence-corrected chi connectivity index (χ3v) is 1.35. The van der Waals surface area contributed by atoms with Crippen LogP contribution in [0.2, 0.25) is 0 Å². The molecule has 0 fully saturated rings. The number of rotatable bonds is 1. The number of nitrogen functional groups attached to an aromatic ring is 1. The lowest BCUT2D eigenvalue weighted by molar-refractivity contribution is 0.0996. The lowest BCUT2D eigenvalue weighted by atomic mass is 10.2. The van der Waals surface area contributed by atoms with Gasteiger partial charge in [0.25, 0.3) is 5.91 Å². The van der Waals surface area contributed by atoms with Crippen molar-refractivity contribution >= 4 is 11.6 Å². The van der Waals surface area contributed by atoms with Crippen LogP contribution >= 0.6 is 0 Å². The Bertz CT molecular complexity index is 338. The highest BCUT2D eigenvalue weighted by Gasteiger charge is 2.11. The highest BCUT2D eigenvalue weighted by molar-refractivity contribution is 5.93. The molecule has 0 aliphatic carbocycles. The van der Waals surface area contributed by atoms with E-state index in [0.29, 0.717) is 6.07 Å². The Balaban J connectivity index is 3.33. The van der Waals surface area contributed by atoms with Crippen LogP contribution < -0.4 is 11.5 Å². The largest absolute Gasteiger partial charge is 0.396 e. The van der Waals surface area contributed by atoms with Gasteiger partial charge in [0.05, 0.1) is 11.3 Å².